The fraction of sp³-hybridized carbons (Fsp3) is 0.316. The van der Waals surface area contributed by atoms with Crippen molar-refractivity contribution in [3.63, 3.8) is 0 Å². The van der Waals surface area contributed by atoms with E-state index in [1.165, 1.54) is 0 Å². The van der Waals surface area contributed by atoms with Crippen LogP contribution in [0.2, 0.25) is 0 Å². The minimum Gasteiger partial charge on any atom is -0.395 e. The molecule has 2 heteroatoms. The van der Waals surface area contributed by atoms with Gasteiger partial charge in [0.05, 0.1) is 12.0 Å². The summed E-state index contributed by atoms with van der Waals surface area (Å²) in [7, 11) is 0. The molecule has 2 aromatic rings. The van der Waals surface area contributed by atoms with E-state index in [0.717, 1.165) is 16.7 Å². The number of rotatable bonds is 6. The zero-order valence-corrected chi connectivity index (χ0v) is 12.7. The van der Waals surface area contributed by atoms with Crippen LogP contribution in [0, 0.1) is 6.92 Å². The van der Waals surface area contributed by atoms with Gasteiger partial charge in [0, 0.05) is 6.42 Å². The second-order valence-corrected chi connectivity index (χ2v) is 5.77. The molecule has 0 saturated carbocycles. The van der Waals surface area contributed by atoms with Gasteiger partial charge < -0.3 is 5.11 Å². The second-order valence-electron chi connectivity index (χ2n) is 5.77. The molecule has 0 heterocycles. The van der Waals surface area contributed by atoms with Crippen LogP contribution in [0.25, 0.3) is 0 Å². The van der Waals surface area contributed by atoms with Crippen LogP contribution < -0.4 is 0 Å². The van der Waals surface area contributed by atoms with Gasteiger partial charge in [-0.1, -0.05) is 60.2 Å². The van der Waals surface area contributed by atoms with Gasteiger partial charge in [-0.05, 0) is 31.4 Å². The Kier molecular flexibility index (Phi) is 4.92. The lowest BCUT2D eigenvalue weighted by atomic mass is 9.77. The van der Waals surface area contributed by atoms with Crippen LogP contribution in [0.15, 0.2) is 54.6 Å². The van der Waals surface area contributed by atoms with Gasteiger partial charge in [-0.2, -0.15) is 0 Å². The van der Waals surface area contributed by atoms with E-state index in [0.29, 0.717) is 12.8 Å². The summed E-state index contributed by atoms with van der Waals surface area (Å²) in [6.45, 7) is 3.67. The molecular weight excluding hydrogens is 260 g/mol. The zero-order chi connectivity index (χ0) is 15.3. The summed E-state index contributed by atoms with van der Waals surface area (Å²) in [4.78, 5) is 12.6. The van der Waals surface area contributed by atoms with E-state index in [2.05, 4.69) is 0 Å². The van der Waals surface area contributed by atoms with E-state index in [1.807, 2.05) is 68.4 Å². The average Bonchev–Trinajstić information content (AvgIpc) is 2.53. The van der Waals surface area contributed by atoms with Gasteiger partial charge in [-0.15, -0.1) is 0 Å². The molecule has 21 heavy (non-hydrogen) atoms. The number of aliphatic hydroxyl groups excluding tert-OH is 1. The highest BCUT2D eigenvalue weighted by molar-refractivity contribution is 5.90. The van der Waals surface area contributed by atoms with Crippen molar-refractivity contribution < 1.29 is 9.90 Å². The summed E-state index contributed by atoms with van der Waals surface area (Å²) in [5.74, 6) is 0.0812. The number of carbonyl (C=O) groups is 1. The highest BCUT2D eigenvalue weighted by Crippen LogP contribution is 2.26. The van der Waals surface area contributed by atoms with Crippen LogP contribution in [0.4, 0.5) is 0 Å². The largest absolute Gasteiger partial charge is 0.395 e. The lowest BCUT2D eigenvalue weighted by Crippen LogP contribution is -2.36. The fourth-order valence-electron chi connectivity index (χ4n) is 2.44. The number of aryl methyl sites for hydroxylation is 2. The van der Waals surface area contributed by atoms with Crippen molar-refractivity contribution in [3.05, 3.63) is 71.3 Å². The van der Waals surface area contributed by atoms with E-state index in [4.69, 9.17) is 0 Å². The maximum atomic E-state index is 12.6. The van der Waals surface area contributed by atoms with Crippen LogP contribution in [-0.4, -0.2) is 17.5 Å². The van der Waals surface area contributed by atoms with Crippen molar-refractivity contribution >= 4 is 5.78 Å². The van der Waals surface area contributed by atoms with Crippen LogP contribution in [-0.2, 0) is 16.6 Å². The number of benzene rings is 2. The summed E-state index contributed by atoms with van der Waals surface area (Å²) in [6, 6.07) is 17.8. The normalized spacial score (nSPS) is 13.7. The first-order chi connectivity index (χ1) is 10.1. The van der Waals surface area contributed by atoms with Crippen LogP contribution in [0.5, 0.6) is 0 Å². The molecule has 0 saturated heterocycles. The molecule has 1 atom stereocenters. The van der Waals surface area contributed by atoms with Gasteiger partial charge in [-0.3, -0.25) is 4.79 Å². The van der Waals surface area contributed by atoms with Crippen molar-refractivity contribution in [2.75, 3.05) is 6.61 Å². The molecule has 2 aromatic carbocycles. The van der Waals surface area contributed by atoms with Gasteiger partial charge in [-0.25, -0.2) is 0 Å². The number of hydrogen-bond acceptors (Lipinski definition) is 2. The molecule has 2 nitrogen and oxygen atoms in total. The molecule has 2 rings (SSSR count). The average molecular weight is 282 g/mol. The maximum absolute atomic E-state index is 12.6. The van der Waals surface area contributed by atoms with Crippen molar-refractivity contribution in [2.24, 2.45) is 0 Å². The van der Waals surface area contributed by atoms with E-state index in [-0.39, 0.29) is 12.4 Å². The molecule has 0 fully saturated rings. The summed E-state index contributed by atoms with van der Waals surface area (Å²) in [6.07, 6.45) is 1.15. The minimum absolute atomic E-state index is 0.0812. The minimum atomic E-state index is -0.817. The lowest BCUT2D eigenvalue weighted by molar-refractivity contribution is -0.125. The predicted octanol–water partition coefficient (Wildman–Crippen LogP) is 3.45. The first kappa shape index (κ1) is 15.5. The predicted molar refractivity (Wildman–Crippen MR) is 85.4 cm³/mol. The molecule has 0 radical (unpaired) electrons. The summed E-state index contributed by atoms with van der Waals surface area (Å²) < 4.78 is 0. The highest BCUT2D eigenvalue weighted by atomic mass is 16.3. The smallest absolute Gasteiger partial charge is 0.145 e. The Morgan fingerprint density at radius 2 is 1.67 bits per heavy atom. The third kappa shape index (κ3) is 3.59. The van der Waals surface area contributed by atoms with E-state index in [1.54, 1.807) is 0 Å². The maximum Gasteiger partial charge on any atom is 0.145 e. The zero-order valence-electron chi connectivity index (χ0n) is 12.7. The Labute approximate surface area is 126 Å². The molecule has 0 bridgehead atoms. The van der Waals surface area contributed by atoms with Gasteiger partial charge >= 0.3 is 0 Å². The monoisotopic (exact) mass is 282 g/mol. The van der Waals surface area contributed by atoms with Crippen LogP contribution >= 0.6 is 0 Å². The van der Waals surface area contributed by atoms with Crippen LogP contribution in [0.1, 0.15) is 30.0 Å². The SMILES string of the molecule is Cc1ccc([C@](C)(CO)C(=O)CCc2ccccc2)cc1. The van der Waals surface area contributed by atoms with Gasteiger partial charge in [0.1, 0.15) is 5.78 Å². The van der Waals surface area contributed by atoms with Crippen LogP contribution in [0.3, 0.4) is 0 Å². The number of ketones is 1. The molecule has 0 aliphatic carbocycles. The molecule has 0 aliphatic heterocycles. The van der Waals surface area contributed by atoms with Crippen molar-refractivity contribution in [1.29, 1.82) is 0 Å². The standard InChI is InChI=1S/C19H22O2/c1-15-8-11-17(12-9-15)19(2,14-20)18(21)13-10-16-6-4-3-5-7-16/h3-9,11-12,20H,10,13-14H2,1-2H3/t19-/m0/s1. The van der Waals surface area contributed by atoms with Gasteiger partial charge in [0.2, 0.25) is 0 Å². The van der Waals surface area contributed by atoms with Crippen molar-refractivity contribution in [3.8, 4) is 0 Å². The first-order valence-corrected chi connectivity index (χ1v) is 7.31. The molecule has 0 aliphatic rings. The van der Waals surface area contributed by atoms with Crippen molar-refractivity contribution in [2.45, 2.75) is 32.1 Å². The Hall–Kier alpha value is -1.93. The Balaban J connectivity index is 2.12. The Bertz CT molecular complexity index is 587. The molecular formula is C19H22O2. The number of Topliss-reactive ketones (excluding diaryl/α,β-unsaturated/α-hetero) is 1. The third-order valence-electron chi connectivity index (χ3n) is 4.10. The van der Waals surface area contributed by atoms with Crippen molar-refractivity contribution in [1.82, 2.24) is 0 Å². The summed E-state index contributed by atoms with van der Waals surface area (Å²) >= 11 is 0. The summed E-state index contributed by atoms with van der Waals surface area (Å²) in [5, 5.41) is 9.75. The molecule has 0 amide bonds. The van der Waals surface area contributed by atoms with Gasteiger partial charge in [0.25, 0.3) is 0 Å². The second kappa shape index (κ2) is 6.68. The molecule has 110 valence electrons. The molecule has 1 N–H and O–H groups in total. The van der Waals surface area contributed by atoms with Gasteiger partial charge in [0.15, 0.2) is 0 Å². The number of carbonyl (C=O) groups excluding carboxylic acids is 1. The van der Waals surface area contributed by atoms with E-state index in [9.17, 15) is 9.90 Å². The first-order valence-electron chi connectivity index (χ1n) is 7.31. The Morgan fingerprint density at radius 1 is 1.05 bits per heavy atom. The van der Waals surface area contributed by atoms with E-state index >= 15 is 0 Å². The number of aliphatic hydroxyl groups is 1. The topological polar surface area (TPSA) is 37.3 Å². The molecule has 0 unspecified atom stereocenters. The fourth-order valence-corrected chi connectivity index (χ4v) is 2.44. The third-order valence-corrected chi connectivity index (χ3v) is 4.10. The summed E-state index contributed by atoms with van der Waals surface area (Å²) in [5.41, 5.74) is 2.36. The lowest BCUT2D eigenvalue weighted by Gasteiger charge is -2.26. The number of hydrogen-bond donors (Lipinski definition) is 1. The molecule has 0 spiro atoms. The highest BCUT2D eigenvalue weighted by Gasteiger charge is 2.33. The Morgan fingerprint density at radius 3 is 2.24 bits per heavy atom. The molecule has 0 aromatic heterocycles. The quantitative estimate of drug-likeness (QED) is 0.881. The van der Waals surface area contributed by atoms with E-state index < -0.39 is 5.41 Å².